The second-order valence-electron chi connectivity index (χ2n) is 5.75. The van der Waals surface area contributed by atoms with Gasteiger partial charge in [-0.3, -0.25) is 9.10 Å². The van der Waals surface area contributed by atoms with Crippen molar-refractivity contribution in [3.05, 3.63) is 18.2 Å². The summed E-state index contributed by atoms with van der Waals surface area (Å²) in [6, 6.07) is 4.76. The summed E-state index contributed by atoms with van der Waals surface area (Å²) in [4.78, 5) is 12.1. The Morgan fingerprint density at radius 1 is 1.33 bits per heavy atom. The van der Waals surface area contributed by atoms with E-state index in [4.69, 9.17) is 14.2 Å². The normalized spacial score (nSPS) is 19.3. The highest BCUT2D eigenvalue weighted by atomic mass is 32.2. The van der Waals surface area contributed by atoms with Crippen LogP contribution in [0.4, 0.5) is 5.69 Å². The number of ether oxygens (including phenoxy) is 3. The Bertz CT molecular complexity index is 715. The minimum atomic E-state index is -3.62. The molecule has 1 saturated heterocycles. The van der Waals surface area contributed by atoms with Gasteiger partial charge in [-0.2, -0.15) is 0 Å². The number of hydrogen-bond acceptors (Lipinski definition) is 6. The monoisotopic (exact) mass is 356 g/mol. The van der Waals surface area contributed by atoms with E-state index >= 15 is 0 Å². The molecule has 8 nitrogen and oxygen atoms in total. The molecule has 0 unspecified atom stereocenters. The standard InChI is InChI=1S/C15H20N2O6S/c1-24(19,20)17(9-15(18)16-8-12-3-2-6-21-12)11-4-5-13-14(7-11)23-10-22-13/h4-5,7,12H,2-3,6,8-10H2,1H3,(H,16,18)/t12-/m1/s1. The zero-order chi connectivity index (χ0) is 17.2. The molecule has 0 saturated carbocycles. The third kappa shape index (κ3) is 3.90. The summed E-state index contributed by atoms with van der Waals surface area (Å²) in [6.45, 7) is 0.884. The molecule has 0 aromatic heterocycles. The van der Waals surface area contributed by atoms with E-state index in [9.17, 15) is 13.2 Å². The molecule has 0 aliphatic carbocycles. The van der Waals surface area contributed by atoms with Gasteiger partial charge in [0.05, 0.1) is 18.0 Å². The van der Waals surface area contributed by atoms with Crippen molar-refractivity contribution in [3.8, 4) is 11.5 Å². The lowest BCUT2D eigenvalue weighted by Crippen LogP contribution is -2.42. The molecule has 9 heteroatoms. The molecule has 1 aromatic carbocycles. The fraction of sp³-hybridized carbons (Fsp3) is 0.533. The maximum atomic E-state index is 12.1. The lowest BCUT2D eigenvalue weighted by Gasteiger charge is -2.22. The third-order valence-corrected chi connectivity index (χ3v) is 5.02. The SMILES string of the molecule is CS(=O)(=O)N(CC(=O)NC[C@H]1CCCO1)c1ccc2c(c1)OCO2. The van der Waals surface area contributed by atoms with E-state index in [-0.39, 0.29) is 25.3 Å². The van der Waals surface area contributed by atoms with Crippen LogP contribution in [0.1, 0.15) is 12.8 Å². The summed E-state index contributed by atoms with van der Waals surface area (Å²) in [5.41, 5.74) is 0.356. The van der Waals surface area contributed by atoms with Crippen molar-refractivity contribution in [3.63, 3.8) is 0 Å². The van der Waals surface area contributed by atoms with Crippen LogP contribution in [-0.4, -0.2) is 53.2 Å². The average molecular weight is 356 g/mol. The van der Waals surface area contributed by atoms with Gasteiger partial charge in [0.2, 0.25) is 22.7 Å². The van der Waals surface area contributed by atoms with Gasteiger partial charge in [-0.15, -0.1) is 0 Å². The number of rotatable bonds is 6. The molecule has 2 aliphatic heterocycles. The molecule has 3 rings (SSSR count). The maximum absolute atomic E-state index is 12.1. The first-order valence-electron chi connectivity index (χ1n) is 7.69. The van der Waals surface area contributed by atoms with E-state index in [1.807, 2.05) is 0 Å². The van der Waals surface area contributed by atoms with Crippen LogP contribution in [0.3, 0.4) is 0 Å². The Morgan fingerprint density at radius 2 is 2.12 bits per heavy atom. The highest BCUT2D eigenvalue weighted by molar-refractivity contribution is 7.92. The summed E-state index contributed by atoms with van der Waals surface area (Å²) >= 11 is 0. The van der Waals surface area contributed by atoms with Crippen molar-refractivity contribution in [2.45, 2.75) is 18.9 Å². The highest BCUT2D eigenvalue weighted by Gasteiger charge is 2.24. The van der Waals surface area contributed by atoms with Crippen LogP contribution in [0.2, 0.25) is 0 Å². The quantitative estimate of drug-likeness (QED) is 0.797. The molecule has 2 heterocycles. The van der Waals surface area contributed by atoms with Gasteiger partial charge in [-0.1, -0.05) is 0 Å². The van der Waals surface area contributed by atoms with E-state index in [1.54, 1.807) is 18.2 Å². The first-order chi connectivity index (χ1) is 11.4. The number of amides is 1. The second kappa shape index (κ2) is 6.86. The number of hydrogen-bond donors (Lipinski definition) is 1. The van der Waals surface area contributed by atoms with Crippen molar-refractivity contribution in [2.75, 3.05) is 37.1 Å². The van der Waals surface area contributed by atoms with Crippen LogP contribution in [0.15, 0.2) is 18.2 Å². The molecule has 1 atom stereocenters. The van der Waals surface area contributed by atoms with Gasteiger partial charge in [0.25, 0.3) is 0 Å². The third-order valence-electron chi connectivity index (χ3n) is 3.88. The van der Waals surface area contributed by atoms with Gasteiger partial charge in [-0.05, 0) is 25.0 Å². The molecule has 2 aliphatic rings. The lowest BCUT2D eigenvalue weighted by molar-refractivity contribution is -0.120. The number of fused-ring (bicyclic) bond motifs is 1. The van der Waals surface area contributed by atoms with Gasteiger partial charge in [-0.25, -0.2) is 8.42 Å². The Morgan fingerprint density at radius 3 is 2.83 bits per heavy atom. The zero-order valence-corrected chi connectivity index (χ0v) is 14.2. The molecule has 1 N–H and O–H groups in total. The number of anilines is 1. The minimum absolute atomic E-state index is 0.00572. The van der Waals surface area contributed by atoms with Gasteiger partial charge in [0, 0.05) is 19.2 Å². The molecule has 132 valence electrons. The van der Waals surface area contributed by atoms with Crippen LogP contribution in [-0.2, 0) is 19.6 Å². The largest absolute Gasteiger partial charge is 0.454 e. The summed E-state index contributed by atoms with van der Waals surface area (Å²) in [5, 5.41) is 2.72. The first-order valence-corrected chi connectivity index (χ1v) is 9.54. The number of carbonyl (C=O) groups is 1. The topological polar surface area (TPSA) is 94.2 Å². The number of sulfonamides is 1. The van der Waals surface area contributed by atoms with E-state index in [0.29, 0.717) is 30.3 Å². The van der Waals surface area contributed by atoms with Crippen molar-refractivity contribution >= 4 is 21.6 Å². The molecule has 1 aromatic rings. The van der Waals surface area contributed by atoms with E-state index in [2.05, 4.69) is 5.32 Å². The van der Waals surface area contributed by atoms with E-state index in [0.717, 1.165) is 23.4 Å². The maximum Gasteiger partial charge on any atom is 0.240 e. The molecule has 0 bridgehead atoms. The van der Waals surface area contributed by atoms with Crippen LogP contribution in [0.25, 0.3) is 0 Å². The van der Waals surface area contributed by atoms with Crippen molar-refractivity contribution < 1.29 is 27.4 Å². The summed E-state index contributed by atoms with van der Waals surface area (Å²) in [5.74, 6) is 0.629. The zero-order valence-electron chi connectivity index (χ0n) is 13.4. The Hall–Kier alpha value is -2.00. The second-order valence-corrected chi connectivity index (χ2v) is 7.65. The number of nitrogens with one attached hydrogen (secondary N) is 1. The van der Waals surface area contributed by atoms with Gasteiger partial charge < -0.3 is 19.5 Å². The Balaban J connectivity index is 1.69. The fourth-order valence-corrected chi connectivity index (χ4v) is 3.51. The van der Waals surface area contributed by atoms with E-state index in [1.165, 1.54) is 0 Å². The van der Waals surface area contributed by atoms with Crippen molar-refractivity contribution in [2.24, 2.45) is 0 Å². The highest BCUT2D eigenvalue weighted by Crippen LogP contribution is 2.36. The Kier molecular flexibility index (Phi) is 4.81. The minimum Gasteiger partial charge on any atom is -0.454 e. The molecule has 1 fully saturated rings. The molecule has 1 amide bonds. The van der Waals surface area contributed by atoms with Crippen molar-refractivity contribution in [1.82, 2.24) is 5.32 Å². The number of benzene rings is 1. The van der Waals surface area contributed by atoms with Crippen molar-refractivity contribution in [1.29, 1.82) is 0 Å². The van der Waals surface area contributed by atoms with E-state index < -0.39 is 10.0 Å². The summed E-state index contributed by atoms with van der Waals surface area (Å²) in [7, 11) is -3.62. The van der Waals surface area contributed by atoms with Gasteiger partial charge >= 0.3 is 0 Å². The molecule has 0 radical (unpaired) electrons. The van der Waals surface area contributed by atoms with Crippen LogP contribution < -0.4 is 19.1 Å². The smallest absolute Gasteiger partial charge is 0.240 e. The molecular weight excluding hydrogens is 336 g/mol. The summed E-state index contributed by atoms with van der Waals surface area (Å²) in [6.07, 6.45) is 2.95. The molecule has 0 spiro atoms. The molecular formula is C15H20N2O6S. The lowest BCUT2D eigenvalue weighted by atomic mass is 10.2. The summed E-state index contributed by atoms with van der Waals surface area (Å²) < 4.78 is 41.1. The van der Waals surface area contributed by atoms with Gasteiger partial charge in [0.1, 0.15) is 6.54 Å². The average Bonchev–Trinajstić information content (AvgIpc) is 3.19. The Labute approximate surface area is 140 Å². The number of nitrogens with zero attached hydrogens (tertiary/aromatic N) is 1. The molecule has 24 heavy (non-hydrogen) atoms. The van der Waals surface area contributed by atoms with Crippen LogP contribution in [0, 0.1) is 0 Å². The fourth-order valence-electron chi connectivity index (χ4n) is 2.66. The van der Waals surface area contributed by atoms with Crippen LogP contribution >= 0.6 is 0 Å². The number of carbonyl (C=O) groups excluding carboxylic acids is 1. The first kappa shape index (κ1) is 16.8. The predicted molar refractivity (Wildman–Crippen MR) is 86.7 cm³/mol. The van der Waals surface area contributed by atoms with Gasteiger partial charge in [0.15, 0.2) is 11.5 Å². The predicted octanol–water partition coefficient (Wildman–Crippen LogP) is 0.476. The van der Waals surface area contributed by atoms with Crippen LogP contribution in [0.5, 0.6) is 11.5 Å².